The highest BCUT2D eigenvalue weighted by Gasteiger charge is 2.29. The Balaban J connectivity index is 1.70. The Kier molecular flexibility index (Phi) is 5.61. The molecule has 0 saturated carbocycles. The topological polar surface area (TPSA) is 85.4 Å². The third kappa shape index (κ3) is 3.97. The number of piperidine rings is 1. The molecule has 0 unspecified atom stereocenters. The summed E-state index contributed by atoms with van der Waals surface area (Å²) < 4.78 is 1.67. The van der Waals surface area contributed by atoms with Crippen molar-refractivity contribution in [2.45, 2.75) is 58.4 Å². The molecule has 25 heavy (non-hydrogen) atoms. The fourth-order valence-corrected chi connectivity index (χ4v) is 5.25. The highest BCUT2D eigenvalue weighted by Crippen LogP contribution is 2.30. The largest absolute Gasteiger partial charge is 0.369 e. The summed E-state index contributed by atoms with van der Waals surface area (Å²) in [5.41, 5.74) is 6.44. The molecular formula is C18H27N3O3S. The SMILES string of the molecule is CCC[C@@H]1CCc2c(sc(=O)n2CC(=O)N2CCC[C@@H](C(N)=O)C2)C1. The number of carbonyl (C=O) groups is 2. The summed E-state index contributed by atoms with van der Waals surface area (Å²) >= 11 is 1.30. The molecule has 0 bridgehead atoms. The lowest BCUT2D eigenvalue weighted by atomic mass is 9.88. The van der Waals surface area contributed by atoms with Gasteiger partial charge in [-0.25, -0.2) is 0 Å². The average Bonchev–Trinajstić information content (AvgIpc) is 2.90. The van der Waals surface area contributed by atoms with Crippen molar-refractivity contribution in [2.75, 3.05) is 13.1 Å². The summed E-state index contributed by atoms with van der Waals surface area (Å²) in [6, 6.07) is 0. The highest BCUT2D eigenvalue weighted by molar-refractivity contribution is 7.09. The number of carbonyl (C=O) groups excluding carboxylic acids is 2. The monoisotopic (exact) mass is 365 g/mol. The maximum atomic E-state index is 12.7. The number of nitrogens with zero attached hydrogens (tertiary/aromatic N) is 2. The first-order chi connectivity index (χ1) is 12.0. The predicted molar refractivity (Wildman–Crippen MR) is 97.5 cm³/mol. The molecule has 138 valence electrons. The second-order valence-electron chi connectivity index (χ2n) is 7.30. The number of likely N-dealkylation sites (tertiary alicyclic amines) is 1. The van der Waals surface area contributed by atoms with E-state index in [1.165, 1.54) is 24.2 Å². The second kappa shape index (κ2) is 7.72. The van der Waals surface area contributed by atoms with Crippen LogP contribution < -0.4 is 10.6 Å². The predicted octanol–water partition coefficient (Wildman–Crippen LogP) is 1.54. The number of hydrogen-bond acceptors (Lipinski definition) is 4. The van der Waals surface area contributed by atoms with Gasteiger partial charge in [0.2, 0.25) is 11.8 Å². The van der Waals surface area contributed by atoms with Gasteiger partial charge >= 0.3 is 4.87 Å². The summed E-state index contributed by atoms with van der Waals surface area (Å²) in [7, 11) is 0. The van der Waals surface area contributed by atoms with E-state index in [9.17, 15) is 14.4 Å². The van der Waals surface area contributed by atoms with Crippen LogP contribution in [-0.4, -0.2) is 34.4 Å². The first kappa shape index (κ1) is 18.2. The van der Waals surface area contributed by atoms with E-state index in [1.54, 1.807) is 9.47 Å². The number of rotatable bonds is 5. The molecule has 2 amide bonds. The maximum Gasteiger partial charge on any atom is 0.308 e. The third-order valence-electron chi connectivity index (χ3n) is 5.51. The van der Waals surface area contributed by atoms with Crippen molar-refractivity contribution in [2.24, 2.45) is 17.6 Å². The van der Waals surface area contributed by atoms with Gasteiger partial charge in [-0.3, -0.25) is 19.0 Å². The van der Waals surface area contributed by atoms with Gasteiger partial charge in [0.1, 0.15) is 6.54 Å². The Hall–Kier alpha value is -1.63. The standard InChI is InChI=1S/C18H27N3O3S/c1-2-4-12-6-7-14-15(9-12)25-18(24)21(14)11-16(22)20-8-3-5-13(10-20)17(19)23/h12-13H,2-11H2,1H3,(H2,19,23)/t12-,13-/m1/s1. The second-order valence-corrected chi connectivity index (χ2v) is 8.35. The maximum absolute atomic E-state index is 12.7. The molecule has 0 aromatic carbocycles. The molecule has 1 fully saturated rings. The third-order valence-corrected chi connectivity index (χ3v) is 6.55. The van der Waals surface area contributed by atoms with E-state index in [4.69, 9.17) is 5.73 Å². The minimum Gasteiger partial charge on any atom is -0.369 e. The fourth-order valence-electron chi connectivity index (χ4n) is 4.10. The quantitative estimate of drug-likeness (QED) is 0.859. The van der Waals surface area contributed by atoms with E-state index in [0.29, 0.717) is 19.0 Å². The van der Waals surface area contributed by atoms with E-state index in [0.717, 1.165) is 42.7 Å². The Morgan fingerprint density at radius 1 is 1.32 bits per heavy atom. The van der Waals surface area contributed by atoms with Crippen LogP contribution in [0.2, 0.25) is 0 Å². The smallest absolute Gasteiger partial charge is 0.308 e. The van der Waals surface area contributed by atoms with E-state index in [-0.39, 0.29) is 29.1 Å². The van der Waals surface area contributed by atoms with E-state index in [1.807, 2.05) is 0 Å². The van der Waals surface area contributed by atoms with Gasteiger partial charge in [-0.1, -0.05) is 31.1 Å². The zero-order valence-corrected chi connectivity index (χ0v) is 15.6. The molecular weight excluding hydrogens is 338 g/mol. The molecule has 3 rings (SSSR count). The highest BCUT2D eigenvalue weighted by atomic mass is 32.1. The van der Waals surface area contributed by atoms with E-state index in [2.05, 4.69) is 6.92 Å². The van der Waals surface area contributed by atoms with E-state index >= 15 is 0 Å². The Morgan fingerprint density at radius 2 is 2.12 bits per heavy atom. The first-order valence-corrected chi connectivity index (χ1v) is 10.1. The van der Waals surface area contributed by atoms with Crippen molar-refractivity contribution >= 4 is 23.2 Å². The molecule has 0 radical (unpaired) electrons. The van der Waals surface area contributed by atoms with Gasteiger partial charge in [-0.05, 0) is 38.0 Å². The number of amides is 2. The molecule has 1 saturated heterocycles. The van der Waals surface area contributed by atoms with Crippen LogP contribution in [0, 0.1) is 11.8 Å². The van der Waals surface area contributed by atoms with Crippen LogP contribution in [0.15, 0.2) is 4.79 Å². The molecule has 0 spiro atoms. The van der Waals surface area contributed by atoms with Crippen molar-refractivity contribution in [3.63, 3.8) is 0 Å². The summed E-state index contributed by atoms with van der Waals surface area (Å²) in [4.78, 5) is 39.3. The lowest BCUT2D eigenvalue weighted by Gasteiger charge is -2.31. The summed E-state index contributed by atoms with van der Waals surface area (Å²) in [6.45, 7) is 3.31. The molecule has 6 nitrogen and oxygen atoms in total. The van der Waals surface area contributed by atoms with Crippen LogP contribution in [0.1, 0.15) is 49.6 Å². The molecule has 7 heteroatoms. The molecule has 1 aromatic rings. The van der Waals surface area contributed by atoms with Gasteiger partial charge in [0, 0.05) is 23.7 Å². The molecule has 2 atom stereocenters. The van der Waals surface area contributed by atoms with Crippen LogP contribution in [0.25, 0.3) is 0 Å². The fraction of sp³-hybridized carbons (Fsp3) is 0.722. The minimum atomic E-state index is -0.343. The lowest BCUT2D eigenvalue weighted by molar-refractivity contribution is -0.135. The van der Waals surface area contributed by atoms with Crippen LogP contribution in [0.4, 0.5) is 0 Å². The number of nitrogens with two attached hydrogens (primary N) is 1. The summed E-state index contributed by atoms with van der Waals surface area (Å²) in [5, 5.41) is 0. The van der Waals surface area contributed by atoms with Gasteiger partial charge in [0.05, 0.1) is 5.92 Å². The minimum absolute atomic E-state index is 0.0287. The van der Waals surface area contributed by atoms with E-state index < -0.39 is 0 Å². The Morgan fingerprint density at radius 3 is 2.84 bits per heavy atom. The van der Waals surface area contributed by atoms with Gasteiger partial charge in [-0.2, -0.15) is 0 Å². The number of primary amides is 1. The van der Waals surface area contributed by atoms with Gasteiger partial charge in [-0.15, -0.1) is 0 Å². The number of thiazole rings is 1. The summed E-state index contributed by atoms with van der Waals surface area (Å²) in [6.07, 6.45) is 6.85. The molecule has 2 heterocycles. The molecule has 2 N–H and O–H groups in total. The van der Waals surface area contributed by atoms with Crippen LogP contribution in [0.3, 0.4) is 0 Å². The van der Waals surface area contributed by atoms with Gasteiger partial charge in [0.15, 0.2) is 0 Å². The van der Waals surface area contributed by atoms with Crippen molar-refractivity contribution in [3.05, 3.63) is 20.2 Å². The molecule has 1 aliphatic heterocycles. The Labute approximate surface area is 152 Å². The van der Waals surface area contributed by atoms with Crippen LogP contribution >= 0.6 is 11.3 Å². The number of hydrogen-bond donors (Lipinski definition) is 1. The van der Waals surface area contributed by atoms with Crippen LogP contribution in [0.5, 0.6) is 0 Å². The van der Waals surface area contributed by atoms with Gasteiger partial charge in [0.25, 0.3) is 0 Å². The first-order valence-electron chi connectivity index (χ1n) is 9.28. The van der Waals surface area contributed by atoms with Crippen molar-refractivity contribution in [1.29, 1.82) is 0 Å². The van der Waals surface area contributed by atoms with Gasteiger partial charge < -0.3 is 10.6 Å². The number of fused-ring (bicyclic) bond motifs is 1. The normalized spacial score (nSPS) is 23.3. The molecule has 1 aromatic heterocycles. The van der Waals surface area contributed by atoms with Crippen molar-refractivity contribution in [3.8, 4) is 0 Å². The Bertz CT molecular complexity index is 709. The lowest BCUT2D eigenvalue weighted by Crippen LogP contribution is -2.45. The van der Waals surface area contributed by atoms with Crippen molar-refractivity contribution < 1.29 is 9.59 Å². The average molecular weight is 365 g/mol. The molecule has 1 aliphatic carbocycles. The van der Waals surface area contributed by atoms with Crippen molar-refractivity contribution in [1.82, 2.24) is 9.47 Å². The van der Waals surface area contributed by atoms with Crippen LogP contribution in [-0.2, 0) is 29.0 Å². The molecule has 2 aliphatic rings. The number of aromatic nitrogens is 1. The zero-order valence-electron chi connectivity index (χ0n) is 14.8. The zero-order chi connectivity index (χ0) is 18.0. The summed E-state index contributed by atoms with van der Waals surface area (Å²) in [5.74, 6) is -0.0207.